The van der Waals surface area contributed by atoms with E-state index in [4.69, 9.17) is 0 Å². The molecule has 2 N–H and O–H groups in total. The lowest BCUT2D eigenvalue weighted by Gasteiger charge is -2.33. The highest BCUT2D eigenvalue weighted by atomic mass is 35.5. The summed E-state index contributed by atoms with van der Waals surface area (Å²) >= 11 is 0. The smallest absolute Gasteiger partial charge is 0.153 e. The van der Waals surface area contributed by atoms with E-state index in [-0.39, 0.29) is 23.7 Å². The first-order valence-corrected chi connectivity index (χ1v) is 3.83. The molecule has 0 aliphatic heterocycles. The molecule has 0 heterocycles. The lowest BCUT2D eigenvalue weighted by Crippen LogP contribution is -2.47. The number of carbonyl (C=O) groups excluding carboxylic acids is 1. The second kappa shape index (κ2) is 7.06. The van der Waals surface area contributed by atoms with Gasteiger partial charge in [0.2, 0.25) is 0 Å². The minimum Gasteiger partial charge on any atom is -0.412 e. The highest BCUT2D eigenvalue weighted by molar-refractivity contribution is 5.88. The van der Waals surface area contributed by atoms with Gasteiger partial charge in [-0.05, 0) is 27.4 Å². The number of rotatable bonds is 4. The Morgan fingerprint density at radius 1 is 1.54 bits per heavy atom. The third-order valence-electron chi connectivity index (χ3n) is 2.28. The number of halogens is 1. The summed E-state index contributed by atoms with van der Waals surface area (Å²) < 4.78 is 0. The second-order valence-corrected chi connectivity index (χ2v) is 2.93. The van der Waals surface area contributed by atoms with Crippen molar-refractivity contribution >= 4 is 18.2 Å². The largest absolute Gasteiger partial charge is 0.412 e. The molecule has 1 atom stereocenters. The fraction of sp³-hybridized carbons (Fsp3) is 0.667. The first-order chi connectivity index (χ1) is 5.01. The summed E-state index contributed by atoms with van der Waals surface area (Å²) in [6.45, 7) is 7.28. The van der Waals surface area contributed by atoms with Crippen molar-refractivity contribution in [2.75, 3.05) is 14.1 Å². The van der Waals surface area contributed by atoms with Crippen molar-refractivity contribution in [3.8, 4) is 0 Å². The Morgan fingerprint density at radius 3 is 1.92 bits per heavy atom. The highest BCUT2D eigenvalue weighted by Gasteiger charge is 2.31. The summed E-state index contributed by atoms with van der Waals surface area (Å²) in [5.41, 5.74) is -0.458. The average Bonchev–Trinajstić information content (AvgIpc) is 1.90. The third-order valence-corrected chi connectivity index (χ3v) is 2.28. The van der Waals surface area contributed by atoms with E-state index in [0.717, 1.165) is 6.42 Å². The second-order valence-electron chi connectivity index (χ2n) is 2.93. The molecule has 4 heteroatoms. The van der Waals surface area contributed by atoms with Crippen LogP contribution in [0.25, 0.3) is 0 Å². The molecule has 0 radical (unpaired) electrons. The molecule has 1 unspecified atom stereocenters. The lowest BCUT2D eigenvalue weighted by molar-refractivity contribution is -0.125. The molecule has 13 heavy (non-hydrogen) atoms. The molecule has 0 aliphatic rings. The van der Waals surface area contributed by atoms with E-state index in [1.54, 1.807) is 13.0 Å². The predicted molar refractivity (Wildman–Crippen MR) is 58.4 cm³/mol. The number of hydrogen-bond donors (Lipinski definition) is 0. The van der Waals surface area contributed by atoms with Crippen molar-refractivity contribution in [3.05, 3.63) is 12.7 Å². The molecule has 0 amide bonds. The maximum atomic E-state index is 11.3. The van der Waals surface area contributed by atoms with Crippen LogP contribution in [-0.2, 0) is 4.79 Å². The molecular formula is C9H20ClNO2. The lowest BCUT2D eigenvalue weighted by atomic mass is 9.90. The first kappa shape index (κ1) is 18.4. The molecule has 0 saturated carbocycles. The van der Waals surface area contributed by atoms with Gasteiger partial charge < -0.3 is 5.48 Å². The average molecular weight is 210 g/mol. The van der Waals surface area contributed by atoms with Crippen LogP contribution in [0.2, 0.25) is 0 Å². The van der Waals surface area contributed by atoms with Crippen LogP contribution in [0.15, 0.2) is 12.7 Å². The molecule has 0 bridgehead atoms. The molecule has 0 aromatic rings. The van der Waals surface area contributed by atoms with E-state index in [9.17, 15) is 4.79 Å². The number of nitrogens with zero attached hydrogens (tertiary/aromatic N) is 1. The molecule has 0 aliphatic carbocycles. The Hall–Kier alpha value is -0.380. The molecule has 0 fully saturated rings. The number of hydrogen-bond acceptors (Lipinski definition) is 2. The third kappa shape index (κ3) is 3.46. The van der Waals surface area contributed by atoms with Gasteiger partial charge in [-0.2, -0.15) is 0 Å². The van der Waals surface area contributed by atoms with E-state index in [0.29, 0.717) is 0 Å². The first-order valence-electron chi connectivity index (χ1n) is 3.83. The van der Waals surface area contributed by atoms with Crippen LogP contribution in [-0.4, -0.2) is 35.8 Å². The maximum Gasteiger partial charge on any atom is 0.153 e. The van der Waals surface area contributed by atoms with E-state index in [2.05, 4.69) is 6.58 Å². The monoisotopic (exact) mass is 209 g/mol. The van der Waals surface area contributed by atoms with Crippen molar-refractivity contribution in [2.45, 2.75) is 25.8 Å². The summed E-state index contributed by atoms with van der Waals surface area (Å²) in [6, 6.07) is 0. The fourth-order valence-corrected chi connectivity index (χ4v) is 1.35. The van der Waals surface area contributed by atoms with Crippen LogP contribution >= 0.6 is 12.4 Å². The van der Waals surface area contributed by atoms with Crippen molar-refractivity contribution in [3.63, 3.8) is 0 Å². The van der Waals surface area contributed by atoms with E-state index >= 15 is 0 Å². The van der Waals surface area contributed by atoms with Gasteiger partial charge in [-0.15, -0.1) is 19.0 Å². The summed E-state index contributed by atoms with van der Waals surface area (Å²) in [4.78, 5) is 13.2. The van der Waals surface area contributed by atoms with Crippen LogP contribution in [0.1, 0.15) is 20.3 Å². The summed E-state index contributed by atoms with van der Waals surface area (Å²) in [5, 5.41) is 0. The molecular weight excluding hydrogens is 190 g/mol. The van der Waals surface area contributed by atoms with Gasteiger partial charge in [0.05, 0.1) is 5.54 Å². The van der Waals surface area contributed by atoms with Crippen molar-refractivity contribution < 1.29 is 10.3 Å². The molecule has 3 nitrogen and oxygen atoms in total. The molecule has 80 valence electrons. The summed E-state index contributed by atoms with van der Waals surface area (Å²) in [5.74, 6) is 0.153. The van der Waals surface area contributed by atoms with E-state index in [1.807, 2.05) is 25.9 Å². The summed E-state index contributed by atoms with van der Waals surface area (Å²) in [6.07, 6.45) is 2.49. The predicted octanol–water partition coefficient (Wildman–Crippen LogP) is 1.07. The molecule has 0 spiro atoms. The quantitative estimate of drug-likeness (QED) is 0.651. The Morgan fingerprint density at radius 2 is 1.92 bits per heavy atom. The van der Waals surface area contributed by atoms with Crippen LogP contribution in [0, 0.1) is 0 Å². The summed E-state index contributed by atoms with van der Waals surface area (Å²) in [7, 11) is 3.79. The van der Waals surface area contributed by atoms with Gasteiger partial charge in [0.1, 0.15) is 0 Å². The van der Waals surface area contributed by atoms with Gasteiger partial charge in [-0.25, -0.2) is 0 Å². The standard InChI is InChI=1S/C9H17NO.ClH.H2O/c1-6-9(7-2,8(3)11)10(4)5;;/h6H,1,7H2,2-5H3;1H;1H2. The van der Waals surface area contributed by atoms with Crippen molar-refractivity contribution in [1.82, 2.24) is 4.90 Å². The Bertz CT molecular complexity index is 171. The molecule has 0 rings (SSSR count). The van der Waals surface area contributed by atoms with Crippen LogP contribution in [0.4, 0.5) is 0 Å². The van der Waals surface area contributed by atoms with Crippen LogP contribution < -0.4 is 0 Å². The molecule has 0 aromatic carbocycles. The van der Waals surface area contributed by atoms with Gasteiger partial charge in [-0.1, -0.05) is 13.0 Å². The molecule has 0 saturated heterocycles. The van der Waals surface area contributed by atoms with Gasteiger partial charge in [0, 0.05) is 0 Å². The van der Waals surface area contributed by atoms with Gasteiger partial charge in [0.25, 0.3) is 0 Å². The highest BCUT2D eigenvalue weighted by Crippen LogP contribution is 2.18. The fourth-order valence-electron chi connectivity index (χ4n) is 1.35. The normalized spacial score (nSPS) is 13.6. The minimum absolute atomic E-state index is 0. The van der Waals surface area contributed by atoms with E-state index < -0.39 is 5.54 Å². The topological polar surface area (TPSA) is 51.8 Å². The maximum absolute atomic E-state index is 11.3. The Labute approximate surface area is 86.5 Å². The van der Waals surface area contributed by atoms with E-state index in [1.165, 1.54) is 0 Å². The van der Waals surface area contributed by atoms with Gasteiger partial charge >= 0.3 is 0 Å². The van der Waals surface area contributed by atoms with Crippen LogP contribution in [0.5, 0.6) is 0 Å². The number of Topliss-reactive ketones (excluding diaryl/α,β-unsaturated/α-hetero) is 1. The number of likely N-dealkylation sites (N-methyl/N-ethyl adjacent to an activating group) is 1. The van der Waals surface area contributed by atoms with Gasteiger partial charge in [-0.3, -0.25) is 9.69 Å². The van der Waals surface area contributed by atoms with Gasteiger partial charge in [0.15, 0.2) is 5.78 Å². The molecule has 0 aromatic heterocycles. The van der Waals surface area contributed by atoms with Crippen molar-refractivity contribution in [2.24, 2.45) is 0 Å². The van der Waals surface area contributed by atoms with Crippen LogP contribution in [0.3, 0.4) is 0 Å². The number of carbonyl (C=O) groups is 1. The zero-order chi connectivity index (χ0) is 9.07. The Kier molecular flexibility index (Phi) is 10.0. The Balaban J connectivity index is -0.000000500. The van der Waals surface area contributed by atoms with Crippen molar-refractivity contribution in [1.29, 1.82) is 0 Å². The number of ketones is 1. The zero-order valence-electron chi connectivity index (χ0n) is 8.76. The zero-order valence-corrected chi connectivity index (χ0v) is 9.57. The minimum atomic E-state index is -0.458. The SMILES string of the molecule is C=CC(CC)(C(C)=O)N(C)C.Cl.O.